The SMILES string of the molecule is CCN[C@H](C)CNC(=O)CSc1ccccc1. The maximum Gasteiger partial charge on any atom is 0.230 e. The third kappa shape index (κ3) is 6.34. The molecule has 4 heteroatoms. The van der Waals surface area contributed by atoms with Gasteiger partial charge in [0.05, 0.1) is 5.75 Å². The normalized spacial score (nSPS) is 12.1. The minimum atomic E-state index is 0.0867. The fourth-order valence-corrected chi connectivity index (χ4v) is 2.15. The van der Waals surface area contributed by atoms with Crippen molar-refractivity contribution in [3.8, 4) is 0 Å². The molecule has 94 valence electrons. The van der Waals surface area contributed by atoms with Crippen LogP contribution in [0.15, 0.2) is 35.2 Å². The van der Waals surface area contributed by atoms with E-state index in [2.05, 4.69) is 24.5 Å². The molecule has 1 aromatic carbocycles. The molecule has 0 bridgehead atoms. The Balaban J connectivity index is 2.17. The number of likely N-dealkylation sites (N-methyl/N-ethyl adjacent to an activating group) is 1. The average molecular weight is 252 g/mol. The topological polar surface area (TPSA) is 41.1 Å². The number of amides is 1. The lowest BCUT2D eigenvalue weighted by Gasteiger charge is -2.12. The van der Waals surface area contributed by atoms with Crippen LogP contribution in [0, 0.1) is 0 Å². The molecule has 3 nitrogen and oxygen atoms in total. The van der Waals surface area contributed by atoms with Crippen molar-refractivity contribution in [1.29, 1.82) is 0 Å². The molecule has 0 fully saturated rings. The van der Waals surface area contributed by atoms with Gasteiger partial charge in [0.25, 0.3) is 0 Å². The lowest BCUT2D eigenvalue weighted by Crippen LogP contribution is -2.39. The Hall–Kier alpha value is -1.00. The average Bonchev–Trinajstić information content (AvgIpc) is 2.35. The Labute approximate surface area is 107 Å². The standard InChI is InChI=1S/C13H20N2OS/c1-3-14-11(2)9-15-13(16)10-17-12-7-5-4-6-8-12/h4-8,11,14H,3,9-10H2,1-2H3,(H,15,16)/t11-/m1/s1. The van der Waals surface area contributed by atoms with Gasteiger partial charge in [-0.3, -0.25) is 4.79 Å². The highest BCUT2D eigenvalue weighted by molar-refractivity contribution is 8.00. The molecule has 0 aliphatic carbocycles. The van der Waals surface area contributed by atoms with Crippen molar-refractivity contribution < 1.29 is 4.79 Å². The second-order valence-corrected chi connectivity index (χ2v) is 4.91. The van der Waals surface area contributed by atoms with Crippen LogP contribution in [0.2, 0.25) is 0 Å². The Morgan fingerprint density at radius 3 is 2.71 bits per heavy atom. The van der Waals surface area contributed by atoms with Gasteiger partial charge in [0.15, 0.2) is 0 Å². The first-order valence-electron chi connectivity index (χ1n) is 5.90. The molecule has 1 atom stereocenters. The van der Waals surface area contributed by atoms with E-state index in [9.17, 15) is 4.79 Å². The van der Waals surface area contributed by atoms with Gasteiger partial charge in [-0.1, -0.05) is 25.1 Å². The summed E-state index contributed by atoms with van der Waals surface area (Å²) in [7, 11) is 0. The van der Waals surface area contributed by atoms with Gasteiger partial charge in [-0.15, -0.1) is 11.8 Å². The Morgan fingerprint density at radius 1 is 1.35 bits per heavy atom. The molecular weight excluding hydrogens is 232 g/mol. The predicted molar refractivity (Wildman–Crippen MR) is 73.3 cm³/mol. The number of carbonyl (C=O) groups is 1. The van der Waals surface area contributed by atoms with Crippen molar-refractivity contribution in [2.24, 2.45) is 0 Å². The highest BCUT2D eigenvalue weighted by Crippen LogP contribution is 2.15. The summed E-state index contributed by atoms with van der Waals surface area (Å²) in [6.45, 7) is 5.73. The van der Waals surface area contributed by atoms with Gasteiger partial charge in [-0.25, -0.2) is 0 Å². The van der Waals surface area contributed by atoms with E-state index in [4.69, 9.17) is 0 Å². The summed E-state index contributed by atoms with van der Waals surface area (Å²) in [6, 6.07) is 10.3. The monoisotopic (exact) mass is 252 g/mol. The molecule has 0 spiro atoms. The van der Waals surface area contributed by atoms with Crippen molar-refractivity contribution in [2.45, 2.75) is 24.8 Å². The first kappa shape index (κ1) is 14.1. The van der Waals surface area contributed by atoms with Gasteiger partial charge in [0.2, 0.25) is 5.91 Å². The van der Waals surface area contributed by atoms with Crippen molar-refractivity contribution >= 4 is 17.7 Å². The van der Waals surface area contributed by atoms with E-state index < -0.39 is 0 Å². The molecule has 1 aromatic rings. The second-order valence-electron chi connectivity index (χ2n) is 3.86. The quantitative estimate of drug-likeness (QED) is 0.728. The van der Waals surface area contributed by atoms with E-state index in [1.807, 2.05) is 30.3 Å². The van der Waals surface area contributed by atoms with E-state index in [1.54, 1.807) is 11.8 Å². The van der Waals surface area contributed by atoms with E-state index in [0.29, 0.717) is 18.3 Å². The molecule has 0 aliphatic rings. The summed E-state index contributed by atoms with van der Waals surface area (Å²) in [5.41, 5.74) is 0. The molecule has 1 rings (SSSR count). The van der Waals surface area contributed by atoms with Crippen LogP contribution >= 0.6 is 11.8 Å². The number of nitrogens with one attached hydrogen (secondary N) is 2. The minimum absolute atomic E-state index is 0.0867. The van der Waals surface area contributed by atoms with Crippen LogP contribution in [-0.4, -0.2) is 30.8 Å². The van der Waals surface area contributed by atoms with Crippen LogP contribution in [0.5, 0.6) is 0 Å². The van der Waals surface area contributed by atoms with E-state index in [0.717, 1.165) is 11.4 Å². The lowest BCUT2D eigenvalue weighted by atomic mass is 10.3. The molecule has 0 heterocycles. The van der Waals surface area contributed by atoms with Gasteiger partial charge in [-0.2, -0.15) is 0 Å². The molecule has 0 aromatic heterocycles. The molecule has 0 unspecified atom stereocenters. The van der Waals surface area contributed by atoms with Crippen LogP contribution < -0.4 is 10.6 Å². The minimum Gasteiger partial charge on any atom is -0.354 e. The van der Waals surface area contributed by atoms with E-state index in [1.165, 1.54) is 0 Å². The second kappa shape index (κ2) is 8.14. The maximum atomic E-state index is 11.6. The highest BCUT2D eigenvalue weighted by atomic mass is 32.2. The third-order valence-electron chi connectivity index (χ3n) is 2.27. The van der Waals surface area contributed by atoms with Crippen LogP contribution in [0.25, 0.3) is 0 Å². The maximum absolute atomic E-state index is 11.6. The zero-order valence-electron chi connectivity index (χ0n) is 10.4. The summed E-state index contributed by atoms with van der Waals surface area (Å²) in [4.78, 5) is 12.7. The number of carbonyl (C=O) groups excluding carboxylic acids is 1. The molecule has 2 N–H and O–H groups in total. The molecule has 1 amide bonds. The summed E-state index contributed by atoms with van der Waals surface area (Å²) in [5.74, 6) is 0.562. The highest BCUT2D eigenvalue weighted by Gasteiger charge is 2.04. The van der Waals surface area contributed by atoms with Crippen LogP contribution in [-0.2, 0) is 4.79 Å². The van der Waals surface area contributed by atoms with Crippen LogP contribution in [0.3, 0.4) is 0 Å². The number of hydrogen-bond acceptors (Lipinski definition) is 3. The summed E-state index contributed by atoms with van der Waals surface area (Å²) in [6.07, 6.45) is 0. The van der Waals surface area contributed by atoms with Gasteiger partial charge >= 0.3 is 0 Å². The van der Waals surface area contributed by atoms with Crippen molar-refractivity contribution in [3.05, 3.63) is 30.3 Å². The fourth-order valence-electron chi connectivity index (χ4n) is 1.40. The largest absolute Gasteiger partial charge is 0.354 e. The third-order valence-corrected chi connectivity index (χ3v) is 3.28. The van der Waals surface area contributed by atoms with Gasteiger partial charge in [0, 0.05) is 17.5 Å². The molecule has 0 saturated carbocycles. The van der Waals surface area contributed by atoms with Crippen LogP contribution in [0.1, 0.15) is 13.8 Å². The number of rotatable bonds is 7. The fraction of sp³-hybridized carbons (Fsp3) is 0.462. The first-order valence-corrected chi connectivity index (χ1v) is 6.89. The molecule has 0 saturated heterocycles. The van der Waals surface area contributed by atoms with Crippen molar-refractivity contribution in [1.82, 2.24) is 10.6 Å². The summed E-state index contributed by atoms with van der Waals surface area (Å²) < 4.78 is 0. The predicted octanol–water partition coefficient (Wildman–Crippen LogP) is 1.89. The van der Waals surface area contributed by atoms with Crippen molar-refractivity contribution in [2.75, 3.05) is 18.8 Å². The zero-order valence-corrected chi connectivity index (χ0v) is 11.2. The molecule has 0 radical (unpaired) electrons. The van der Waals surface area contributed by atoms with Gasteiger partial charge < -0.3 is 10.6 Å². The van der Waals surface area contributed by atoms with Gasteiger partial charge in [-0.05, 0) is 25.6 Å². The first-order chi connectivity index (χ1) is 8.22. The Morgan fingerprint density at radius 2 is 2.06 bits per heavy atom. The molecule has 17 heavy (non-hydrogen) atoms. The molecule has 0 aliphatic heterocycles. The number of hydrogen-bond donors (Lipinski definition) is 2. The summed E-state index contributed by atoms with van der Waals surface area (Å²) in [5, 5.41) is 6.17. The number of benzene rings is 1. The smallest absolute Gasteiger partial charge is 0.230 e. The van der Waals surface area contributed by atoms with Crippen LogP contribution in [0.4, 0.5) is 0 Å². The van der Waals surface area contributed by atoms with E-state index in [-0.39, 0.29) is 5.91 Å². The Bertz CT molecular complexity index is 329. The Kier molecular flexibility index (Phi) is 6.74. The van der Waals surface area contributed by atoms with E-state index >= 15 is 0 Å². The lowest BCUT2D eigenvalue weighted by molar-refractivity contribution is -0.118. The van der Waals surface area contributed by atoms with Gasteiger partial charge in [0.1, 0.15) is 0 Å². The zero-order chi connectivity index (χ0) is 12.5. The number of thioether (sulfide) groups is 1. The van der Waals surface area contributed by atoms with Crippen molar-refractivity contribution in [3.63, 3.8) is 0 Å². The summed E-state index contributed by atoms with van der Waals surface area (Å²) >= 11 is 1.56. The molecular formula is C13H20N2OS.